The van der Waals surface area contributed by atoms with Crippen molar-refractivity contribution in [3.05, 3.63) is 206 Å². The van der Waals surface area contributed by atoms with Gasteiger partial charge >= 0.3 is 0 Å². The highest BCUT2D eigenvalue weighted by atomic mass is 16.3. The van der Waals surface area contributed by atoms with E-state index in [4.69, 9.17) is 4.42 Å². The minimum absolute atomic E-state index is 0.875. The van der Waals surface area contributed by atoms with Gasteiger partial charge in [-0.3, -0.25) is 4.57 Å². The molecule has 57 heavy (non-hydrogen) atoms. The van der Waals surface area contributed by atoms with E-state index in [0.717, 1.165) is 39.0 Å². The molecule has 266 valence electrons. The van der Waals surface area contributed by atoms with Crippen LogP contribution in [0.3, 0.4) is 0 Å². The molecule has 3 aromatic heterocycles. The third-order valence-electron chi connectivity index (χ3n) is 11.8. The van der Waals surface area contributed by atoms with Gasteiger partial charge in [-0.1, -0.05) is 146 Å². The normalized spacial score (nSPS) is 11.9. The molecule has 0 saturated carbocycles. The van der Waals surface area contributed by atoms with E-state index in [9.17, 15) is 0 Å². The van der Waals surface area contributed by atoms with E-state index in [1.807, 2.05) is 6.07 Å². The van der Waals surface area contributed by atoms with Crippen molar-refractivity contribution in [2.24, 2.45) is 0 Å². The molecule has 0 aliphatic rings. The Bertz CT molecular complexity index is 3490. The zero-order chi connectivity index (χ0) is 37.5. The van der Waals surface area contributed by atoms with Crippen molar-refractivity contribution in [1.82, 2.24) is 9.13 Å². The average molecular weight is 727 g/mol. The summed E-state index contributed by atoms with van der Waals surface area (Å²) in [7, 11) is 0. The van der Waals surface area contributed by atoms with Gasteiger partial charge in [0.05, 0.1) is 21.9 Å². The molecule has 0 saturated heterocycles. The lowest BCUT2D eigenvalue weighted by molar-refractivity contribution is 0.645. The summed E-state index contributed by atoms with van der Waals surface area (Å²) in [6.07, 6.45) is 0. The fourth-order valence-electron chi connectivity index (χ4n) is 9.06. The number of hydrogen-bond acceptors (Lipinski definition) is 1. The topological polar surface area (TPSA) is 23.0 Å². The van der Waals surface area contributed by atoms with Gasteiger partial charge in [0, 0.05) is 32.9 Å². The van der Waals surface area contributed by atoms with Crippen molar-refractivity contribution < 1.29 is 4.42 Å². The van der Waals surface area contributed by atoms with Crippen LogP contribution in [-0.2, 0) is 0 Å². The molecule has 12 aromatic rings. The highest BCUT2D eigenvalue weighted by molar-refractivity contribution is 6.20. The second-order valence-electron chi connectivity index (χ2n) is 14.9. The SMILES string of the molecule is c1ccc(-n2c3ccccc3c3c4cc(-c5ccc(-c6ccc7c(c6)c6ccccc6n7-c6ccc(-c7cccc8ccccc78)cc6)cc5)ccc4oc32)cc1. The lowest BCUT2D eigenvalue weighted by Crippen LogP contribution is -1.94. The Morgan fingerprint density at radius 2 is 0.860 bits per heavy atom. The van der Waals surface area contributed by atoms with E-state index in [2.05, 4.69) is 209 Å². The monoisotopic (exact) mass is 726 g/mol. The molecule has 0 aliphatic carbocycles. The zero-order valence-corrected chi connectivity index (χ0v) is 30.9. The summed E-state index contributed by atoms with van der Waals surface area (Å²) >= 11 is 0. The van der Waals surface area contributed by atoms with Gasteiger partial charge in [-0.2, -0.15) is 0 Å². The average Bonchev–Trinajstić information content (AvgIpc) is 3.93. The predicted molar refractivity (Wildman–Crippen MR) is 239 cm³/mol. The van der Waals surface area contributed by atoms with Crippen LogP contribution in [0.5, 0.6) is 0 Å². The van der Waals surface area contributed by atoms with Gasteiger partial charge in [-0.25, -0.2) is 0 Å². The fraction of sp³-hybridized carbons (Fsp3) is 0. The van der Waals surface area contributed by atoms with E-state index in [1.54, 1.807) is 0 Å². The Morgan fingerprint density at radius 1 is 0.316 bits per heavy atom. The molecule has 3 nitrogen and oxygen atoms in total. The Balaban J connectivity index is 0.908. The first-order valence-corrected chi connectivity index (χ1v) is 19.5. The summed E-state index contributed by atoms with van der Waals surface area (Å²) in [5.74, 6) is 0. The van der Waals surface area contributed by atoms with Crippen molar-refractivity contribution in [3.63, 3.8) is 0 Å². The molecule has 3 heterocycles. The van der Waals surface area contributed by atoms with Gasteiger partial charge in [0.1, 0.15) is 5.58 Å². The van der Waals surface area contributed by atoms with Gasteiger partial charge in [0.25, 0.3) is 0 Å². The maximum atomic E-state index is 6.59. The van der Waals surface area contributed by atoms with Crippen molar-refractivity contribution in [1.29, 1.82) is 0 Å². The summed E-state index contributed by atoms with van der Waals surface area (Å²) in [6, 6.07) is 74.4. The molecule has 0 amide bonds. The molecule has 0 spiro atoms. The summed E-state index contributed by atoms with van der Waals surface area (Å²) in [5, 5.41) is 8.49. The second kappa shape index (κ2) is 12.5. The number of benzene rings is 9. The van der Waals surface area contributed by atoms with Crippen LogP contribution >= 0.6 is 0 Å². The van der Waals surface area contributed by atoms with Crippen LogP contribution in [0, 0.1) is 0 Å². The number of nitrogens with zero attached hydrogens (tertiary/aromatic N) is 2. The molecule has 3 heteroatoms. The van der Waals surface area contributed by atoms with Gasteiger partial charge in [0.2, 0.25) is 5.71 Å². The van der Waals surface area contributed by atoms with Crippen LogP contribution in [0.2, 0.25) is 0 Å². The van der Waals surface area contributed by atoms with E-state index in [1.165, 1.54) is 71.3 Å². The molecule has 0 radical (unpaired) electrons. The lowest BCUT2D eigenvalue weighted by Gasteiger charge is -2.11. The van der Waals surface area contributed by atoms with Gasteiger partial charge < -0.3 is 8.98 Å². The van der Waals surface area contributed by atoms with E-state index < -0.39 is 0 Å². The number of rotatable bonds is 5. The molecule has 0 bridgehead atoms. The molecule has 12 rings (SSSR count). The Morgan fingerprint density at radius 3 is 1.63 bits per heavy atom. The fourth-order valence-corrected chi connectivity index (χ4v) is 9.06. The maximum absolute atomic E-state index is 6.59. The highest BCUT2D eigenvalue weighted by Crippen LogP contribution is 2.41. The Labute approximate surface area is 328 Å². The largest absolute Gasteiger partial charge is 0.439 e. The summed E-state index contributed by atoms with van der Waals surface area (Å²) in [5.41, 5.74) is 14.7. The molecule has 0 fully saturated rings. The summed E-state index contributed by atoms with van der Waals surface area (Å²) in [4.78, 5) is 0. The zero-order valence-electron chi connectivity index (χ0n) is 30.9. The van der Waals surface area contributed by atoms with Gasteiger partial charge in [-0.05, 0) is 105 Å². The highest BCUT2D eigenvalue weighted by Gasteiger charge is 2.20. The maximum Gasteiger partial charge on any atom is 0.213 e. The van der Waals surface area contributed by atoms with Crippen molar-refractivity contribution in [2.75, 3.05) is 0 Å². The van der Waals surface area contributed by atoms with Crippen LogP contribution < -0.4 is 0 Å². The number of fused-ring (bicyclic) bond motifs is 9. The molecule has 0 aliphatic heterocycles. The van der Waals surface area contributed by atoms with Crippen LogP contribution in [0.15, 0.2) is 211 Å². The first kappa shape index (κ1) is 31.7. The number of hydrogen-bond donors (Lipinski definition) is 0. The van der Waals surface area contributed by atoms with E-state index in [0.29, 0.717) is 0 Å². The standard InChI is InChI=1S/C54H34N2O/c1-2-13-41(14-3-1)56-50-20-9-7-17-46(50)53-48-34-40(28-32-52(48)57-54(53)56)36-23-21-35(22-24-36)39-27-31-51-47(33-39)45-16-6-8-19-49(45)55(51)42-29-25-38(26-30-42)44-18-10-12-37-11-4-5-15-43(37)44/h1-34H. The minimum Gasteiger partial charge on any atom is -0.439 e. The van der Waals surface area contributed by atoms with Crippen molar-refractivity contribution in [2.45, 2.75) is 0 Å². The molecular weight excluding hydrogens is 693 g/mol. The van der Waals surface area contributed by atoms with Crippen molar-refractivity contribution in [3.8, 4) is 44.8 Å². The number of aromatic nitrogens is 2. The van der Waals surface area contributed by atoms with Crippen LogP contribution in [0.1, 0.15) is 0 Å². The molecule has 9 aromatic carbocycles. The molecule has 0 N–H and O–H groups in total. The third-order valence-corrected chi connectivity index (χ3v) is 11.8. The lowest BCUT2D eigenvalue weighted by atomic mass is 9.98. The molecule has 0 unspecified atom stereocenters. The van der Waals surface area contributed by atoms with Gasteiger partial charge in [-0.15, -0.1) is 0 Å². The van der Waals surface area contributed by atoms with Crippen LogP contribution in [0.4, 0.5) is 0 Å². The molecule has 0 atom stereocenters. The van der Waals surface area contributed by atoms with Gasteiger partial charge in [0.15, 0.2) is 0 Å². The smallest absolute Gasteiger partial charge is 0.213 e. The molecular formula is C54H34N2O. The van der Waals surface area contributed by atoms with E-state index in [-0.39, 0.29) is 0 Å². The van der Waals surface area contributed by atoms with E-state index >= 15 is 0 Å². The first-order chi connectivity index (χ1) is 28.3. The number of furan rings is 1. The van der Waals surface area contributed by atoms with Crippen molar-refractivity contribution >= 4 is 65.6 Å². The van der Waals surface area contributed by atoms with Crippen LogP contribution in [0.25, 0.3) is 110 Å². The minimum atomic E-state index is 0.875. The van der Waals surface area contributed by atoms with Crippen LogP contribution in [-0.4, -0.2) is 9.13 Å². The second-order valence-corrected chi connectivity index (χ2v) is 14.9. The summed E-state index contributed by atoms with van der Waals surface area (Å²) in [6.45, 7) is 0. The Kier molecular flexibility index (Phi) is 6.93. The first-order valence-electron chi connectivity index (χ1n) is 19.5. The predicted octanol–water partition coefficient (Wildman–Crippen LogP) is 14.8. The third kappa shape index (κ3) is 4.92. The summed E-state index contributed by atoms with van der Waals surface area (Å²) < 4.78 is 11.2. The number of para-hydroxylation sites is 3. The Hall–Kier alpha value is -7.62. The quantitative estimate of drug-likeness (QED) is 0.173.